The van der Waals surface area contributed by atoms with Gasteiger partial charge in [-0.15, -0.1) is 0 Å². The van der Waals surface area contributed by atoms with E-state index in [-0.39, 0.29) is 6.42 Å². The van der Waals surface area contributed by atoms with Gasteiger partial charge in [0.25, 0.3) is 0 Å². The standard InChI is InChI=1S/C17H11NO3/c19-10-17(18(20)21)9-8-13-5-4-11-2-1-3-12-6-7-14(17)16(13)15(11)12/h1-8,10H,9H2. The minimum absolute atomic E-state index is 0.101. The van der Waals surface area contributed by atoms with Crippen LogP contribution in [0.25, 0.3) is 27.6 Å². The van der Waals surface area contributed by atoms with Crippen molar-refractivity contribution >= 4 is 33.9 Å². The monoisotopic (exact) mass is 277 g/mol. The Balaban J connectivity index is 2.29. The molecule has 0 N–H and O–H groups in total. The van der Waals surface area contributed by atoms with Crippen LogP contribution in [0.3, 0.4) is 0 Å². The number of nitrogens with zero attached hydrogens (tertiary/aromatic N) is 1. The summed E-state index contributed by atoms with van der Waals surface area (Å²) in [6, 6.07) is 13.5. The largest absolute Gasteiger partial charge is 0.305 e. The van der Waals surface area contributed by atoms with Crippen molar-refractivity contribution in [1.82, 2.24) is 0 Å². The molecule has 0 spiro atoms. The second-order valence-corrected chi connectivity index (χ2v) is 5.43. The first-order valence-electron chi connectivity index (χ1n) is 6.73. The number of carbonyl (C=O) groups is 1. The fourth-order valence-electron chi connectivity index (χ4n) is 3.34. The molecule has 1 aliphatic carbocycles. The van der Waals surface area contributed by atoms with Gasteiger partial charge in [0.1, 0.15) is 0 Å². The van der Waals surface area contributed by atoms with Crippen LogP contribution in [0.4, 0.5) is 0 Å². The van der Waals surface area contributed by atoms with Gasteiger partial charge in [-0.3, -0.25) is 14.9 Å². The highest BCUT2D eigenvalue weighted by molar-refractivity contribution is 6.12. The van der Waals surface area contributed by atoms with Gasteiger partial charge in [0.05, 0.1) is 0 Å². The van der Waals surface area contributed by atoms with Crippen molar-refractivity contribution in [3.8, 4) is 0 Å². The molecule has 1 unspecified atom stereocenters. The molecule has 4 rings (SSSR count). The number of benzene rings is 3. The van der Waals surface area contributed by atoms with E-state index in [2.05, 4.69) is 0 Å². The molecule has 0 bridgehead atoms. The van der Waals surface area contributed by atoms with Crippen molar-refractivity contribution in [3.63, 3.8) is 0 Å². The van der Waals surface area contributed by atoms with Gasteiger partial charge in [-0.05, 0) is 21.4 Å². The topological polar surface area (TPSA) is 60.2 Å². The summed E-state index contributed by atoms with van der Waals surface area (Å²) in [7, 11) is 0. The molecule has 0 aromatic heterocycles. The summed E-state index contributed by atoms with van der Waals surface area (Å²) in [6.07, 6.45) is 2.37. The van der Waals surface area contributed by atoms with Crippen molar-refractivity contribution in [2.45, 2.75) is 12.0 Å². The third-order valence-corrected chi connectivity index (χ3v) is 4.43. The van der Waals surface area contributed by atoms with E-state index in [0.717, 1.165) is 26.8 Å². The van der Waals surface area contributed by atoms with E-state index in [4.69, 9.17) is 0 Å². The first kappa shape index (κ1) is 12.0. The summed E-state index contributed by atoms with van der Waals surface area (Å²) < 4.78 is 0. The first-order valence-corrected chi connectivity index (χ1v) is 6.73. The van der Waals surface area contributed by atoms with Crippen LogP contribution >= 0.6 is 0 Å². The zero-order chi connectivity index (χ0) is 14.6. The molecule has 0 heterocycles. The molecule has 1 aliphatic rings. The van der Waals surface area contributed by atoms with Gasteiger partial charge in [-0.2, -0.15) is 0 Å². The maximum absolute atomic E-state index is 11.5. The Morgan fingerprint density at radius 2 is 1.76 bits per heavy atom. The van der Waals surface area contributed by atoms with E-state index in [1.54, 1.807) is 12.1 Å². The Kier molecular flexibility index (Phi) is 2.22. The Labute approximate surface area is 119 Å². The highest BCUT2D eigenvalue weighted by atomic mass is 16.6. The van der Waals surface area contributed by atoms with Crippen LogP contribution in [0.5, 0.6) is 0 Å². The van der Waals surface area contributed by atoms with E-state index in [0.29, 0.717) is 11.8 Å². The van der Waals surface area contributed by atoms with Crippen LogP contribution in [-0.2, 0) is 10.3 Å². The number of rotatable bonds is 2. The summed E-state index contributed by atoms with van der Waals surface area (Å²) in [4.78, 5) is 22.6. The van der Waals surface area contributed by atoms with Crippen LogP contribution in [0, 0.1) is 10.1 Å². The summed E-state index contributed by atoms with van der Waals surface area (Å²) in [6.45, 7) is 0. The average Bonchev–Trinajstić information content (AvgIpc) is 2.52. The Hall–Kier alpha value is -2.75. The summed E-state index contributed by atoms with van der Waals surface area (Å²) >= 11 is 0. The molecule has 102 valence electrons. The van der Waals surface area contributed by atoms with E-state index in [9.17, 15) is 14.9 Å². The number of carbonyl (C=O) groups excluding carboxylic acids is 1. The predicted molar refractivity (Wildman–Crippen MR) is 80.5 cm³/mol. The minimum Gasteiger partial charge on any atom is -0.295 e. The number of hydrogen-bond acceptors (Lipinski definition) is 3. The van der Waals surface area contributed by atoms with Gasteiger partial charge in [-0.25, -0.2) is 0 Å². The summed E-state index contributed by atoms with van der Waals surface area (Å²) in [5.41, 5.74) is -1.16. The maximum atomic E-state index is 11.5. The third kappa shape index (κ3) is 1.36. The molecule has 3 aromatic carbocycles. The van der Waals surface area contributed by atoms with Crippen molar-refractivity contribution in [1.29, 1.82) is 0 Å². The molecule has 0 amide bonds. The lowest BCUT2D eigenvalue weighted by molar-refractivity contribution is -0.556. The van der Waals surface area contributed by atoms with Crippen molar-refractivity contribution in [2.75, 3.05) is 0 Å². The normalized spacial score (nSPS) is 20.4. The predicted octanol–water partition coefficient (Wildman–Crippen LogP) is 2.57. The van der Waals surface area contributed by atoms with Gasteiger partial charge in [0.2, 0.25) is 6.29 Å². The van der Waals surface area contributed by atoms with E-state index in [1.807, 2.05) is 36.4 Å². The van der Waals surface area contributed by atoms with Gasteiger partial charge in [0.15, 0.2) is 0 Å². The molecule has 0 saturated heterocycles. The van der Waals surface area contributed by atoms with Crippen LogP contribution in [0.1, 0.15) is 12.0 Å². The average molecular weight is 277 g/mol. The highest BCUT2D eigenvalue weighted by Gasteiger charge is 2.46. The second-order valence-electron chi connectivity index (χ2n) is 5.43. The van der Waals surface area contributed by atoms with Crippen molar-refractivity contribution < 1.29 is 9.72 Å². The lowest BCUT2D eigenvalue weighted by Gasteiger charge is -2.24. The fourth-order valence-corrected chi connectivity index (χ4v) is 3.34. The fraction of sp³-hybridized carbons (Fsp3) is 0.118. The zero-order valence-corrected chi connectivity index (χ0v) is 11.1. The molecule has 4 nitrogen and oxygen atoms in total. The Morgan fingerprint density at radius 1 is 1.05 bits per heavy atom. The molecule has 0 saturated carbocycles. The number of nitro groups is 1. The number of hydrogen-bond donors (Lipinski definition) is 0. The molecule has 0 aliphatic heterocycles. The third-order valence-electron chi connectivity index (χ3n) is 4.43. The SMILES string of the molecule is O=CC1([N+](=O)[O-])CC=c2ccc3cccc4ccc1c2c43. The lowest BCUT2D eigenvalue weighted by atomic mass is 9.79. The van der Waals surface area contributed by atoms with E-state index >= 15 is 0 Å². The Bertz CT molecular complexity index is 961. The van der Waals surface area contributed by atoms with Crippen molar-refractivity contribution in [2.24, 2.45) is 0 Å². The highest BCUT2D eigenvalue weighted by Crippen LogP contribution is 2.37. The molecular weight excluding hydrogens is 266 g/mol. The quantitative estimate of drug-likeness (QED) is 0.411. The van der Waals surface area contributed by atoms with Crippen molar-refractivity contribution in [3.05, 3.63) is 63.4 Å². The summed E-state index contributed by atoms with van der Waals surface area (Å²) in [5, 5.41) is 16.4. The maximum Gasteiger partial charge on any atom is 0.305 e. The second kappa shape index (κ2) is 3.88. The minimum atomic E-state index is -1.66. The molecule has 0 radical (unpaired) electrons. The van der Waals surface area contributed by atoms with Crippen LogP contribution < -0.4 is 5.22 Å². The summed E-state index contributed by atoms with van der Waals surface area (Å²) in [5.74, 6) is 0. The molecule has 3 aromatic rings. The Morgan fingerprint density at radius 3 is 2.43 bits per heavy atom. The van der Waals surface area contributed by atoms with Crippen LogP contribution in [-0.4, -0.2) is 11.2 Å². The van der Waals surface area contributed by atoms with Gasteiger partial charge < -0.3 is 0 Å². The van der Waals surface area contributed by atoms with Crippen LogP contribution in [0.15, 0.2) is 42.5 Å². The smallest absolute Gasteiger partial charge is 0.295 e. The zero-order valence-electron chi connectivity index (χ0n) is 11.1. The van der Waals surface area contributed by atoms with Gasteiger partial charge in [0, 0.05) is 22.3 Å². The number of aldehydes is 1. The van der Waals surface area contributed by atoms with Gasteiger partial charge >= 0.3 is 5.54 Å². The van der Waals surface area contributed by atoms with E-state index in [1.165, 1.54) is 0 Å². The molecule has 1 atom stereocenters. The van der Waals surface area contributed by atoms with Gasteiger partial charge in [-0.1, -0.05) is 48.5 Å². The lowest BCUT2D eigenvalue weighted by Crippen LogP contribution is -2.40. The first-order chi connectivity index (χ1) is 10.2. The molecular formula is C17H11NO3. The molecule has 21 heavy (non-hydrogen) atoms. The van der Waals surface area contributed by atoms with Crippen LogP contribution in [0.2, 0.25) is 0 Å². The molecule has 0 fully saturated rings. The molecule has 4 heteroatoms. The van der Waals surface area contributed by atoms with E-state index < -0.39 is 10.5 Å².